The van der Waals surface area contributed by atoms with Crippen molar-refractivity contribution in [1.29, 1.82) is 5.26 Å². The van der Waals surface area contributed by atoms with Crippen molar-refractivity contribution in [3.8, 4) is 6.07 Å². The molecule has 1 aliphatic carbocycles. The van der Waals surface area contributed by atoms with Crippen molar-refractivity contribution in [3.05, 3.63) is 0 Å². The first-order chi connectivity index (χ1) is 13.8. The highest BCUT2D eigenvalue weighted by molar-refractivity contribution is 5.92. The van der Waals surface area contributed by atoms with Crippen LogP contribution in [-0.4, -0.2) is 41.6 Å². The summed E-state index contributed by atoms with van der Waals surface area (Å²) in [5.74, 6) is -1.17. The van der Waals surface area contributed by atoms with E-state index < -0.39 is 35.4 Å². The molecule has 0 aromatic heterocycles. The lowest BCUT2D eigenvalue weighted by Crippen LogP contribution is -2.58. The van der Waals surface area contributed by atoms with Gasteiger partial charge in [0.1, 0.15) is 23.9 Å². The maximum Gasteiger partial charge on any atom is 0.243 e. The number of hydrogen-bond acceptors (Lipinski definition) is 5. The third-order valence-electron chi connectivity index (χ3n) is 5.24. The number of amides is 3. The van der Waals surface area contributed by atoms with Gasteiger partial charge in [-0.3, -0.25) is 19.2 Å². The van der Waals surface area contributed by atoms with Crippen LogP contribution in [0.4, 0.5) is 0 Å². The third-order valence-corrected chi connectivity index (χ3v) is 5.24. The van der Waals surface area contributed by atoms with E-state index in [9.17, 15) is 24.4 Å². The summed E-state index contributed by atoms with van der Waals surface area (Å²) in [5, 5.41) is 17.5. The monoisotopic (exact) mass is 420 g/mol. The lowest BCUT2D eigenvalue weighted by atomic mass is 9.85. The zero-order valence-corrected chi connectivity index (χ0v) is 19.0. The minimum Gasteiger partial charge on any atom is -0.344 e. The van der Waals surface area contributed by atoms with Gasteiger partial charge in [0.05, 0.1) is 6.07 Å². The second-order valence-electron chi connectivity index (χ2n) is 9.67. The molecule has 1 aliphatic rings. The van der Waals surface area contributed by atoms with Crippen LogP contribution in [0.25, 0.3) is 0 Å². The minimum absolute atomic E-state index is 0.117. The van der Waals surface area contributed by atoms with E-state index in [2.05, 4.69) is 22.0 Å². The van der Waals surface area contributed by atoms with Crippen LogP contribution in [0.15, 0.2) is 0 Å². The fourth-order valence-electron chi connectivity index (χ4n) is 3.67. The fourth-order valence-corrected chi connectivity index (χ4v) is 3.67. The van der Waals surface area contributed by atoms with Crippen molar-refractivity contribution in [2.75, 3.05) is 0 Å². The number of carbonyl (C=O) groups excluding carboxylic acids is 4. The van der Waals surface area contributed by atoms with Crippen LogP contribution in [0.3, 0.4) is 0 Å². The number of nitrogens with zero attached hydrogens (tertiary/aromatic N) is 1. The summed E-state index contributed by atoms with van der Waals surface area (Å²) in [6.45, 7) is 10.7. The first-order valence-electron chi connectivity index (χ1n) is 10.6. The predicted octanol–water partition coefficient (Wildman–Crippen LogP) is 1.84. The Hall–Kier alpha value is -2.43. The zero-order valence-electron chi connectivity index (χ0n) is 19.0. The van der Waals surface area contributed by atoms with Gasteiger partial charge in [0.15, 0.2) is 0 Å². The van der Waals surface area contributed by atoms with Crippen molar-refractivity contribution in [2.45, 2.75) is 91.8 Å². The standard InChI is InChI=1S/C22H36N4O4/c1-13(2)10-17(26-21(30)19(22(4,5)6)24-14(3)27)20(29)25-16(12-23)11-15-8-7-9-18(15)28/h13,15-17,19H,7-11H2,1-6H3,(H,24,27)(H,25,29)(H,26,30)/t15-,16-,17-,19+/m0/s1. The summed E-state index contributed by atoms with van der Waals surface area (Å²) < 4.78 is 0. The summed E-state index contributed by atoms with van der Waals surface area (Å²) in [6, 6.07) is -0.373. The van der Waals surface area contributed by atoms with E-state index in [1.54, 1.807) is 0 Å². The highest BCUT2D eigenvalue weighted by Gasteiger charge is 2.35. The zero-order chi connectivity index (χ0) is 23.1. The Labute approximate surface area is 179 Å². The van der Waals surface area contributed by atoms with Crippen LogP contribution >= 0.6 is 0 Å². The summed E-state index contributed by atoms with van der Waals surface area (Å²) in [6.07, 6.45) is 2.76. The Kier molecular flexibility index (Phi) is 9.47. The molecule has 0 aromatic carbocycles. The first kappa shape index (κ1) is 25.6. The highest BCUT2D eigenvalue weighted by Crippen LogP contribution is 2.25. The Morgan fingerprint density at radius 1 is 1.13 bits per heavy atom. The van der Waals surface area contributed by atoms with Crippen molar-refractivity contribution < 1.29 is 19.2 Å². The van der Waals surface area contributed by atoms with Crippen LogP contribution in [0.5, 0.6) is 0 Å². The fraction of sp³-hybridized carbons (Fsp3) is 0.773. The van der Waals surface area contributed by atoms with Gasteiger partial charge in [-0.15, -0.1) is 0 Å². The molecule has 0 bridgehead atoms. The second-order valence-corrected chi connectivity index (χ2v) is 9.67. The van der Waals surface area contributed by atoms with Crippen LogP contribution in [0.1, 0.15) is 73.6 Å². The van der Waals surface area contributed by atoms with E-state index in [1.165, 1.54) is 6.92 Å². The molecule has 0 heterocycles. The van der Waals surface area contributed by atoms with Crippen LogP contribution in [-0.2, 0) is 19.2 Å². The van der Waals surface area contributed by atoms with Gasteiger partial charge < -0.3 is 16.0 Å². The average molecular weight is 421 g/mol. The van der Waals surface area contributed by atoms with Gasteiger partial charge in [0, 0.05) is 19.3 Å². The molecule has 1 saturated carbocycles. The molecular formula is C22H36N4O4. The molecule has 30 heavy (non-hydrogen) atoms. The molecule has 0 saturated heterocycles. The van der Waals surface area contributed by atoms with Gasteiger partial charge in [0.2, 0.25) is 17.7 Å². The number of nitrogens with one attached hydrogen (secondary N) is 3. The molecule has 8 nitrogen and oxygen atoms in total. The molecule has 3 amide bonds. The maximum absolute atomic E-state index is 12.9. The van der Waals surface area contributed by atoms with E-state index in [4.69, 9.17) is 0 Å². The Bertz CT molecular complexity index is 690. The van der Waals surface area contributed by atoms with Crippen LogP contribution < -0.4 is 16.0 Å². The number of rotatable bonds is 9. The van der Waals surface area contributed by atoms with E-state index in [1.807, 2.05) is 34.6 Å². The molecule has 8 heteroatoms. The number of ketones is 1. The van der Waals surface area contributed by atoms with E-state index in [0.29, 0.717) is 19.3 Å². The summed E-state index contributed by atoms with van der Waals surface area (Å²) in [7, 11) is 0. The quantitative estimate of drug-likeness (QED) is 0.524. The van der Waals surface area contributed by atoms with E-state index in [-0.39, 0.29) is 23.5 Å². The minimum atomic E-state index is -0.841. The summed E-state index contributed by atoms with van der Waals surface area (Å²) in [4.78, 5) is 49.2. The molecule has 1 rings (SSSR count). The van der Waals surface area contributed by atoms with Crippen LogP contribution in [0, 0.1) is 28.6 Å². The molecule has 1 fully saturated rings. The van der Waals surface area contributed by atoms with Gasteiger partial charge in [0.25, 0.3) is 0 Å². The Morgan fingerprint density at radius 3 is 2.20 bits per heavy atom. The van der Waals surface area contributed by atoms with Crippen molar-refractivity contribution >= 4 is 23.5 Å². The Morgan fingerprint density at radius 2 is 1.77 bits per heavy atom. The first-order valence-corrected chi connectivity index (χ1v) is 10.6. The van der Waals surface area contributed by atoms with E-state index in [0.717, 1.165) is 12.8 Å². The van der Waals surface area contributed by atoms with Gasteiger partial charge in [-0.05, 0) is 37.0 Å². The number of carbonyl (C=O) groups is 4. The summed E-state index contributed by atoms with van der Waals surface area (Å²) in [5.41, 5.74) is -0.549. The van der Waals surface area contributed by atoms with Crippen LogP contribution in [0.2, 0.25) is 0 Å². The second kappa shape index (κ2) is 11.1. The number of Topliss-reactive ketones (excluding diaryl/α,β-unsaturated/α-hetero) is 1. The van der Waals surface area contributed by atoms with Crippen molar-refractivity contribution in [3.63, 3.8) is 0 Å². The average Bonchev–Trinajstić information content (AvgIpc) is 3.01. The normalized spacial score (nSPS) is 19.5. The lowest BCUT2D eigenvalue weighted by Gasteiger charge is -2.32. The molecule has 0 unspecified atom stereocenters. The topological polar surface area (TPSA) is 128 Å². The van der Waals surface area contributed by atoms with Crippen molar-refractivity contribution in [2.24, 2.45) is 17.3 Å². The van der Waals surface area contributed by atoms with Gasteiger partial charge >= 0.3 is 0 Å². The predicted molar refractivity (Wildman–Crippen MR) is 113 cm³/mol. The summed E-state index contributed by atoms with van der Waals surface area (Å²) >= 11 is 0. The smallest absolute Gasteiger partial charge is 0.243 e. The highest BCUT2D eigenvalue weighted by atomic mass is 16.2. The maximum atomic E-state index is 12.9. The molecule has 168 valence electrons. The largest absolute Gasteiger partial charge is 0.344 e. The van der Waals surface area contributed by atoms with Gasteiger partial charge in [-0.1, -0.05) is 34.6 Å². The van der Waals surface area contributed by atoms with Crippen molar-refractivity contribution in [1.82, 2.24) is 16.0 Å². The van der Waals surface area contributed by atoms with Gasteiger partial charge in [-0.2, -0.15) is 5.26 Å². The molecular weight excluding hydrogens is 384 g/mol. The molecule has 0 aliphatic heterocycles. The van der Waals surface area contributed by atoms with E-state index >= 15 is 0 Å². The molecule has 0 radical (unpaired) electrons. The number of hydrogen-bond donors (Lipinski definition) is 3. The Balaban J connectivity index is 2.89. The molecule has 4 atom stereocenters. The SMILES string of the molecule is CC(=O)N[C@H](C(=O)N[C@@H](CC(C)C)C(=O)N[C@H](C#N)C[C@@H]1CCCC1=O)C(C)(C)C. The molecule has 0 spiro atoms. The lowest BCUT2D eigenvalue weighted by molar-refractivity contribution is -0.134. The molecule has 3 N–H and O–H groups in total. The third kappa shape index (κ3) is 8.13. The number of nitriles is 1. The molecule has 0 aromatic rings. The van der Waals surface area contributed by atoms with Gasteiger partial charge in [-0.25, -0.2) is 0 Å².